The second-order valence-corrected chi connectivity index (χ2v) is 6.42. The molecule has 20 heavy (non-hydrogen) atoms. The van der Waals surface area contributed by atoms with Gasteiger partial charge in [0.25, 0.3) is 0 Å². The molecule has 1 aliphatic rings. The van der Waals surface area contributed by atoms with E-state index in [2.05, 4.69) is 0 Å². The molecule has 0 bridgehead atoms. The predicted octanol–water partition coefficient (Wildman–Crippen LogP) is 2.97. The number of carbonyl (C=O) groups is 2. The highest BCUT2D eigenvalue weighted by atomic mass is 16.5. The Balaban J connectivity index is 2.66. The normalized spacial score (nSPS) is 24.4. The Hall–Kier alpha value is -1.32. The Morgan fingerprint density at radius 3 is 2.35 bits per heavy atom. The van der Waals surface area contributed by atoms with Crippen molar-refractivity contribution in [3.8, 4) is 0 Å². The summed E-state index contributed by atoms with van der Waals surface area (Å²) in [6.45, 7) is 12.4. The van der Waals surface area contributed by atoms with Crippen molar-refractivity contribution in [1.82, 2.24) is 0 Å². The molecule has 0 heterocycles. The predicted molar refractivity (Wildman–Crippen MR) is 76.9 cm³/mol. The number of carbonyl (C=O) groups excluding carboxylic acids is 2. The fourth-order valence-electron chi connectivity index (χ4n) is 2.36. The van der Waals surface area contributed by atoms with Crippen LogP contribution in [0.4, 0.5) is 0 Å². The van der Waals surface area contributed by atoms with Gasteiger partial charge in [-0.1, -0.05) is 33.8 Å². The molecular formula is C16H26O4. The minimum atomic E-state index is -0.315. The molecule has 4 nitrogen and oxygen atoms in total. The minimum absolute atomic E-state index is 0.0477. The van der Waals surface area contributed by atoms with Crippen LogP contribution in [0.1, 0.15) is 41.5 Å². The zero-order valence-corrected chi connectivity index (χ0v) is 13.4. The Kier molecular flexibility index (Phi) is 5.37. The molecule has 1 aliphatic carbocycles. The van der Waals surface area contributed by atoms with Gasteiger partial charge in [0, 0.05) is 5.57 Å². The first-order valence-corrected chi connectivity index (χ1v) is 7.24. The molecule has 0 aromatic rings. The molecule has 1 saturated carbocycles. The summed E-state index contributed by atoms with van der Waals surface area (Å²) in [6, 6.07) is 0. The molecule has 2 atom stereocenters. The van der Waals surface area contributed by atoms with E-state index in [-0.39, 0.29) is 29.2 Å². The molecule has 0 aromatic heterocycles. The summed E-state index contributed by atoms with van der Waals surface area (Å²) >= 11 is 0. The lowest BCUT2D eigenvalue weighted by molar-refractivity contribution is -0.147. The number of hydrogen-bond donors (Lipinski definition) is 0. The van der Waals surface area contributed by atoms with E-state index in [1.165, 1.54) is 0 Å². The van der Waals surface area contributed by atoms with Gasteiger partial charge in [-0.15, -0.1) is 0 Å². The van der Waals surface area contributed by atoms with Crippen molar-refractivity contribution in [2.45, 2.75) is 41.5 Å². The summed E-state index contributed by atoms with van der Waals surface area (Å²) < 4.78 is 10.3. The van der Waals surface area contributed by atoms with E-state index in [9.17, 15) is 9.59 Å². The maximum absolute atomic E-state index is 12.0. The Bertz CT molecular complexity index is 407. The molecule has 0 aromatic carbocycles. The lowest BCUT2D eigenvalue weighted by Crippen LogP contribution is -2.14. The van der Waals surface area contributed by atoms with Crippen molar-refractivity contribution in [2.75, 3.05) is 13.2 Å². The molecule has 4 heteroatoms. The van der Waals surface area contributed by atoms with Crippen molar-refractivity contribution < 1.29 is 19.1 Å². The van der Waals surface area contributed by atoms with Gasteiger partial charge < -0.3 is 9.47 Å². The zero-order valence-electron chi connectivity index (χ0n) is 13.4. The third-order valence-electron chi connectivity index (χ3n) is 3.75. The number of hydrogen-bond acceptors (Lipinski definition) is 4. The fraction of sp³-hybridized carbons (Fsp3) is 0.750. The first-order chi connectivity index (χ1) is 9.21. The highest BCUT2D eigenvalue weighted by Gasteiger charge is 2.61. The molecule has 0 spiro atoms. The van der Waals surface area contributed by atoms with Crippen LogP contribution in [0, 0.1) is 23.2 Å². The molecule has 2 unspecified atom stereocenters. The second-order valence-electron chi connectivity index (χ2n) is 6.42. The molecule has 0 radical (unpaired) electrons. The number of esters is 2. The lowest BCUT2D eigenvalue weighted by Gasteiger charge is -2.07. The number of rotatable bonds is 6. The molecule has 114 valence electrons. The Morgan fingerprint density at radius 2 is 1.85 bits per heavy atom. The second kappa shape index (κ2) is 6.42. The fourth-order valence-corrected chi connectivity index (χ4v) is 2.36. The lowest BCUT2D eigenvalue weighted by atomic mass is 10.1. The largest absolute Gasteiger partial charge is 0.465 e. The summed E-state index contributed by atoms with van der Waals surface area (Å²) in [4.78, 5) is 23.6. The van der Waals surface area contributed by atoms with Gasteiger partial charge in [-0.2, -0.15) is 0 Å². The maximum Gasteiger partial charge on any atom is 0.333 e. The summed E-state index contributed by atoms with van der Waals surface area (Å²) in [5, 5.41) is 0. The van der Waals surface area contributed by atoms with Crippen LogP contribution < -0.4 is 0 Å². The summed E-state index contributed by atoms with van der Waals surface area (Å²) in [7, 11) is 0. The third kappa shape index (κ3) is 3.84. The van der Waals surface area contributed by atoms with Crippen molar-refractivity contribution >= 4 is 11.9 Å². The minimum Gasteiger partial charge on any atom is -0.465 e. The standard InChI is InChI=1S/C16H26O4/c1-7-19-14(17)11(4)8-12-13(16(12,5)6)15(18)20-9-10(2)3/h8,10,12-13H,7,9H2,1-6H3. The summed E-state index contributed by atoms with van der Waals surface area (Å²) in [6.07, 6.45) is 1.85. The van der Waals surface area contributed by atoms with E-state index in [4.69, 9.17) is 9.47 Å². The van der Waals surface area contributed by atoms with Crippen molar-refractivity contribution in [3.05, 3.63) is 11.6 Å². The van der Waals surface area contributed by atoms with E-state index in [0.29, 0.717) is 24.7 Å². The topological polar surface area (TPSA) is 52.6 Å². The molecule has 0 N–H and O–H groups in total. The molecule has 0 amide bonds. The van der Waals surface area contributed by atoms with Gasteiger partial charge >= 0.3 is 11.9 Å². The van der Waals surface area contributed by atoms with Crippen LogP contribution in [-0.2, 0) is 19.1 Å². The van der Waals surface area contributed by atoms with Crippen LogP contribution in [0.5, 0.6) is 0 Å². The van der Waals surface area contributed by atoms with Crippen molar-refractivity contribution in [3.63, 3.8) is 0 Å². The first kappa shape index (κ1) is 16.7. The van der Waals surface area contributed by atoms with Crippen LogP contribution in [-0.4, -0.2) is 25.2 Å². The van der Waals surface area contributed by atoms with Gasteiger partial charge in [-0.25, -0.2) is 4.79 Å². The van der Waals surface area contributed by atoms with E-state index >= 15 is 0 Å². The van der Waals surface area contributed by atoms with Crippen molar-refractivity contribution in [1.29, 1.82) is 0 Å². The average Bonchev–Trinajstić information content (AvgIpc) is 2.88. The van der Waals surface area contributed by atoms with E-state index < -0.39 is 0 Å². The van der Waals surface area contributed by atoms with Crippen LogP contribution in [0.15, 0.2) is 11.6 Å². The van der Waals surface area contributed by atoms with Gasteiger partial charge in [0.1, 0.15) is 0 Å². The van der Waals surface area contributed by atoms with Crippen LogP contribution in [0.2, 0.25) is 0 Å². The van der Waals surface area contributed by atoms with E-state index in [1.54, 1.807) is 13.8 Å². The molecule has 1 fully saturated rings. The molecule has 1 rings (SSSR count). The van der Waals surface area contributed by atoms with E-state index in [0.717, 1.165) is 0 Å². The van der Waals surface area contributed by atoms with Gasteiger partial charge in [0.15, 0.2) is 0 Å². The van der Waals surface area contributed by atoms with Gasteiger partial charge in [-0.3, -0.25) is 4.79 Å². The molecular weight excluding hydrogens is 256 g/mol. The summed E-state index contributed by atoms with van der Waals surface area (Å²) in [5.74, 6) is -0.264. The van der Waals surface area contributed by atoms with Crippen molar-refractivity contribution in [2.24, 2.45) is 23.2 Å². The average molecular weight is 282 g/mol. The monoisotopic (exact) mass is 282 g/mol. The van der Waals surface area contributed by atoms with Crippen LogP contribution in [0.25, 0.3) is 0 Å². The number of allylic oxidation sites excluding steroid dienone is 1. The zero-order chi connectivity index (χ0) is 15.5. The van der Waals surface area contributed by atoms with Gasteiger partial charge in [0.2, 0.25) is 0 Å². The Labute approximate surface area is 121 Å². The molecule has 0 saturated heterocycles. The van der Waals surface area contributed by atoms with Crippen LogP contribution in [0.3, 0.4) is 0 Å². The highest BCUT2D eigenvalue weighted by Crippen LogP contribution is 2.59. The highest BCUT2D eigenvalue weighted by molar-refractivity contribution is 5.88. The van der Waals surface area contributed by atoms with Gasteiger partial charge in [-0.05, 0) is 31.1 Å². The number of ether oxygens (including phenoxy) is 2. The quantitative estimate of drug-likeness (QED) is 0.555. The van der Waals surface area contributed by atoms with Gasteiger partial charge in [0.05, 0.1) is 19.1 Å². The third-order valence-corrected chi connectivity index (χ3v) is 3.75. The first-order valence-electron chi connectivity index (χ1n) is 7.24. The van der Waals surface area contributed by atoms with E-state index in [1.807, 2.05) is 33.8 Å². The molecule has 0 aliphatic heterocycles. The Morgan fingerprint density at radius 1 is 1.25 bits per heavy atom. The summed E-state index contributed by atoms with van der Waals surface area (Å²) in [5.41, 5.74) is 0.408. The smallest absolute Gasteiger partial charge is 0.333 e. The van der Waals surface area contributed by atoms with Crippen LogP contribution >= 0.6 is 0 Å². The SMILES string of the molecule is CCOC(=O)C(C)=CC1C(C(=O)OCC(C)C)C1(C)C. The maximum atomic E-state index is 12.0.